The Labute approximate surface area is 105 Å². The molecular weight excluding hydrogens is 238 g/mol. The van der Waals surface area contributed by atoms with Crippen molar-refractivity contribution in [1.82, 2.24) is 13.9 Å². The molecule has 0 spiro atoms. The maximum atomic E-state index is 12.1. The van der Waals surface area contributed by atoms with E-state index in [4.69, 9.17) is 0 Å². The lowest BCUT2D eigenvalue weighted by Crippen LogP contribution is -2.46. The molecule has 0 aromatic rings. The Morgan fingerprint density at radius 2 is 1.88 bits per heavy atom. The monoisotopic (exact) mass is 263 g/mol. The summed E-state index contributed by atoms with van der Waals surface area (Å²) >= 11 is 0. The van der Waals surface area contributed by atoms with Crippen molar-refractivity contribution in [2.45, 2.75) is 26.7 Å². The van der Waals surface area contributed by atoms with E-state index in [2.05, 4.69) is 12.2 Å². The first-order valence-electron chi connectivity index (χ1n) is 6.44. The van der Waals surface area contributed by atoms with Gasteiger partial charge in [-0.3, -0.25) is 0 Å². The minimum Gasteiger partial charge on any atom is -0.317 e. The lowest BCUT2D eigenvalue weighted by molar-refractivity contribution is 0.255. The van der Waals surface area contributed by atoms with Crippen LogP contribution in [0.15, 0.2) is 0 Å². The first-order valence-corrected chi connectivity index (χ1v) is 7.84. The molecular formula is C11H25N3O2S. The van der Waals surface area contributed by atoms with Crippen molar-refractivity contribution in [3.8, 4) is 0 Å². The molecule has 0 amide bonds. The van der Waals surface area contributed by atoms with E-state index in [0.29, 0.717) is 25.6 Å². The highest BCUT2D eigenvalue weighted by molar-refractivity contribution is 7.86. The van der Waals surface area contributed by atoms with Gasteiger partial charge in [-0.1, -0.05) is 13.8 Å². The molecule has 0 radical (unpaired) electrons. The summed E-state index contributed by atoms with van der Waals surface area (Å²) in [5.74, 6) is 0.619. The first kappa shape index (κ1) is 14.9. The van der Waals surface area contributed by atoms with Crippen LogP contribution in [0, 0.1) is 5.92 Å². The molecule has 1 aliphatic heterocycles. The van der Waals surface area contributed by atoms with Crippen LogP contribution >= 0.6 is 0 Å². The van der Waals surface area contributed by atoms with Crippen molar-refractivity contribution in [3.63, 3.8) is 0 Å². The van der Waals surface area contributed by atoms with E-state index in [1.165, 1.54) is 4.31 Å². The number of rotatable bonds is 6. The molecule has 1 aliphatic rings. The average Bonchev–Trinajstić information content (AvgIpc) is 2.35. The van der Waals surface area contributed by atoms with Crippen molar-refractivity contribution in [2.75, 3.05) is 39.8 Å². The Morgan fingerprint density at radius 1 is 1.29 bits per heavy atom. The lowest BCUT2D eigenvalue weighted by atomic mass is 9.98. The van der Waals surface area contributed by atoms with Gasteiger partial charge in [0.2, 0.25) is 0 Å². The zero-order chi connectivity index (χ0) is 12.9. The Kier molecular flexibility index (Phi) is 5.85. The van der Waals surface area contributed by atoms with Gasteiger partial charge in [0.15, 0.2) is 0 Å². The SMILES string of the molecule is CCNCC1CCN(S(=O)(=O)N(C)CC)CC1. The second-order valence-corrected chi connectivity index (χ2v) is 6.61. The zero-order valence-corrected chi connectivity index (χ0v) is 12.0. The van der Waals surface area contributed by atoms with Crippen LogP contribution in [-0.4, -0.2) is 56.8 Å². The Hall–Kier alpha value is -0.170. The highest BCUT2D eigenvalue weighted by Crippen LogP contribution is 2.20. The molecule has 1 N–H and O–H groups in total. The maximum Gasteiger partial charge on any atom is 0.281 e. The number of nitrogens with zero attached hydrogens (tertiary/aromatic N) is 2. The molecule has 0 saturated carbocycles. The van der Waals surface area contributed by atoms with Crippen molar-refractivity contribution in [3.05, 3.63) is 0 Å². The fourth-order valence-corrected chi connectivity index (χ4v) is 3.45. The van der Waals surface area contributed by atoms with Gasteiger partial charge in [-0.25, -0.2) is 0 Å². The molecule has 17 heavy (non-hydrogen) atoms. The fourth-order valence-electron chi connectivity index (χ4n) is 2.05. The van der Waals surface area contributed by atoms with E-state index in [0.717, 1.165) is 25.9 Å². The normalized spacial score (nSPS) is 20.0. The van der Waals surface area contributed by atoms with E-state index >= 15 is 0 Å². The minimum absolute atomic E-state index is 0.527. The predicted molar refractivity (Wildman–Crippen MR) is 70.1 cm³/mol. The third-order valence-corrected chi connectivity index (χ3v) is 5.49. The molecule has 0 aromatic carbocycles. The second-order valence-electron chi connectivity index (χ2n) is 4.57. The largest absolute Gasteiger partial charge is 0.317 e. The second kappa shape index (κ2) is 6.68. The molecule has 0 atom stereocenters. The summed E-state index contributed by atoms with van der Waals surface area (Å²) in [6.07, 6.45) is 1.92. The van der Waals surface area contributed by atoms with Gasteiger partial charge < -0.3 is 5.32 Å². The van der Waals surface area contributed by atoms with E-state index in [1.54, 1.807) is 11.4 Å². The third-order valence-electron chi connectivity index (χ3n) is 3.42. The van der Waals surface area contributed by atoms with Gasteiger partial charge >= 0.3 is 0 Å². The minimum atomic E-state index is -3.21. The van der Waals surface area contributed by atoms with Gasteiger partial charge in [0, 0.05) is 26.7 Å². The van der Waals surface area contributed by atoms with Crippen molar-refractivity contribution in [1.29, 1.82) is 0 Å². The van der Waals surface area contributed by atoms with Crippen molar-refractivity contribution in [2.24, 2.45) is 5.92 Å². The molecule has 1 rings (SSSR count). The molecule has 6 heteroatoms. The average molecular weight is 263 g/mol. The number of hydrogen-bond acceptors (Lipinski definition) is 3. The summed E-state index contributed by atoms with van der Waals surface area (Å²) in [6, 6.07) is 0. The number of piperidine rings is 1. The number of nitrogens with one attached hydrogen (secondary N) is 1. The summed E-state index contributed by atoms with van der Waals surface area (Å²) in [5, 5.41) is 3.33. The number of hydrogen-bond donors (Lipinski definition) is 1. The molecule has 0 aromatic heterocycles. The quantitative estimate of drug-likeness (QED) is 0.759. The van der Waals surface area contributed by atoms with Crippen LogP contribution < -0.4 is 5.32 Å². The van der Waals surface area contributed by atoms with E-state index < -0.39 is 10.2 Å². The summed E-state index contributed by atoms with van der Waals surface area (Å²) in [4.78, 5) is 0. The third kappa shape index (κ3) is 3.91. The molecule has 1 heterocycles. The zero-order valence-electron chi connectivity index (χ0n) is 11.1. The topological polar surface area (TPSA) is 52.7 Å². The Balaban J connectivity index is 2.46. The van der Waals surface area contributed by atoms with Crippen molar-refractivity contribution < 1.29 is 8.42 Å². The Morgan fingerprint density at radius 3 is 2.35 bits per heavy atom. The van der Waals surface area contributed by atoms with Crippen LogP contribution in [0.3, 0.4) is 0 Å². The van der Waals surface area contributed by atoms with Crippen molar-refractivity contribution >= 4 is 10.2 Å². The summed E-state index contributed by atoms with van der Waals surface area (Å²) in [7, 11) is -1.57. The van der Waals surface area contributed by atoms with Gasteiger partial charge in [-0.15, -0.1) is 0 Å². The Bertz CT molecular complexity index is 311. The van der Waals surface area contributed by atoms with Crippen LogP contribution in [0.4, 0.5) is 0 Å². The standard InChI is InChI=1S/C11H25N3O2S/c1-4-12-10-11-6-8-14(9-7-11)17(15,16)13(3)5-2/h11-12H,4-10H2,1-3H3. The molecule has 1 saturated heterocycles. The van der Waals surface area contributed by atoms with Crippen LogP contribution in [-0.2, 0) is 10.2 Å². The molecule has 5 nitrogen and oxygen atoms in total. The van der Waals surface area contributed by atoms with Crippen LogP contribution in [0.1, 0.15) is 26.7 Å². The summed E-state index contributed by atoms with van der Waals surface area (Å²) in [5.41, 5.74) is 0. The van der Waals surface area contributed by atoms with Gasteiger partial charge in [0.05, 0.1) is 0 Å². The molecule has 0 bridgehead atoms. The van der Waals surface area contributed by atoms with E-state index in [1.807, 2.05) is 6.92 Å². The molecule has 1 fully saturated rings. The summed E-state index contributed by atoms with van der Waals surface area (Å²) in [6.45, 7) is 7.78. The highest BCUT2D eigenvalue weighted by atomic mass is 32.2. The van der Waals surface area contributed by atoms with Gasteiger partial charge in [-0.05, 0) is 31.8 Å². The van der Waals surface area contributed by atoms with Crippen LogP contribution in [0.5, 0.6) is 0 Å². The maximum absolute atomic E-state index is 12.1. The fraction of sp³-hybridized carbons (Fsp3) is 1.00. The molecule has 0 aliphatic carbocycles. The smallest absolute Gasteiger partial charge is 0.281 e. The van der Waals surface area contributed by atoms with Gasteiger partial charge in [0.25, 0.3) is 10.2 Å². The predicted octanol–water partition coefficient (Wildman–Crippen LogP) is 0.504. The summed E-state index contributed by atoms with van der Waals surface area (Å²) < 4.78 is 27.2. The molecule has 0 unspecified atom stereocenters. The van der Waals surface area contributed by atoms with Gasteiger partial charge in [-0.2, -0.15) is 17.0 Å². The lowest BCUT2D eigenvalue weighted by Gasteiger charge is -2.33. The van der Waals surface area contributed by atoms with E-state index in [-0.39, 0.29) is 0 Å². The van der Waals surface area contributed by atoms with E-state index in [9.17, 15) is 8.42 Å². The van der Waals surface area contributed by atoms with Gasteiger partial charge in [0.1, 0.15) is 0 Å². The van der Waals surface area contributed by atoms with Crippen LogP contribution in [0.2, 0.25) is 0 Å². The first-order chi connectivity index (χ1) is 8.02. The highest BCUT2D eigenvalue weighted by Gasteiger charge is 2.29. The van der Waals surface area contributed by atoms with Crippen LogP contribution in [0.25, 0.3) is 0 Å². The molecule has 102 valence electrons.